The fourth-order valence-electron chi connectivity index (χ4n) is 3.56. The molecule has 4 rings (SSSR count). The summed E-state index contributed by atoms with van der Waals surface area (Å²) in [4.78, 5) is 11.6. The molecule has 5 nitrogen and oxygen atoms in total. The van der Waals surface area contributed by atoms with Crippen LogP contribution in [0.15, 0.2) is 54.0 Å². The van der Waals surface area contributed by atoms with E-state index in [9.17, 15) is 0 Å². The van der Waals surface area contributed by atoms with E-state index in [0.29, 0.717) is 5.92 Å². The second-order valence-corrected chi connectivity index (χ2v) is 7.71. The monoisotopic (exact) mass is 380 g/mol. The summed E-state index contributed by atoms with van der Waals surface area (Å²) < 4.78 is 5.33. The van der Waals surface area contributed by atoms with E-state index < -0.39 is 0 Å². The van der Waals surface area contributed by atoms with Crippen molar-refractivity contribution in [2.45, 2.75) is 25.3 Å². The first kappa shape index (κ1) is 17.9. The molecular weight excluding hydrogens is 356 g/mol. The van der Waals surface area contributed by atoms with Crippen LogP contribution in [0.2, 0.25) is 0 Å². The lowest BCUT2D eigenvalue weighted by Gasteiger charge is -2.31. The molecule has 1 saturated heterocycles. The molecular formula is C21H24N4OS. The van der Waals surface area contributed by atoms with Crippen molar-refractivity contribution in [2.24, 2.45) is 0 Å². The second kappa shape index (κ2) is 8.50. The summed E-state index contributed by atoms with van der Waals surface area (Å²) in [6.45, 7) is 3.16. The number of rotatable bonds is 6. The molecule has 3 heterocycles. The van der Waals surface area contributed by atoms with Crippen LogP contribution in [-0.4, -0.2) is 35.1 Å². The van der Waals surface area contributed by atoms with Crippen LogP contribution in [0.1, 0.15) is 30.0 Å². The molecule has 0 unspecified atom stereocenters. The predicted octanol–water partition coefficient (Wildman–Crippen LogP) is 4.67. The SMILES string of the molecule is COc1cccc(CN2CCC(c3cccc(Nc4nccs4)n3)CC2)c1. The molecule has 0 spiro atoms. The summed E-state index contributed by atoms with van der Waals surface area (Å²) in [6, 6.07) is 14.6. The molecule has 6 heteroatoms. The van der Waals surface area contributed by atoms with Crippen LogP contribution in [-0.2, 0) is 6.54 Å². The van der Waals surface area contributed by atoms with E-state index in [2.05, 4.69) is 45.5 Å². The van der Waals surface area contributed by atoms with Crippen LogP contribution >= 0.6 is 11.3 Å². The number of hydrogen-bond acceptors (Lipinski definition) is 6. The molecule has 0 bridgehead atoms. The Kier molecular flexibility index (Phi) is 5.65. The molecule has 0 saturated carbocycles. The van der Waals surface area contributed by atoms with Crippen molar-refractivity contribution in [3.63, 3.8) is 0 Å². The van der Waals surface area contributed by atoms with Crippen LogP contribution in [0, 0.1) is 0 Å². The normalized spacial score (nSPS) is 15.6. The number of benzene rings is 1. The van der Waals surface area contributed by atoms with Crippen LogP contribution in [0.4, 0.5) is 10.9 Å². The van der Waals surface area contributed by atoms with Gasteiger partial charge in [0.05, 0.1) is 7.11 Å². The largest absolute Gasteiger partial charge is 0.497 e. The van der Waals surface area contributed by atoms with Crippen LogP contribution in [0.25, 0.3) is 0 Å². The Bertz CT molecular complexity index is 860. The minimum Gasteiger partial charge on any atom is -0.497 e. The number of nitrogens with zero attached hydrogens (tertiary/aromatic N) is 3. The molecule has 0 amide bonds. The van der Waals surface area contributed by atoms with Gasteiger partial charge in [0.25, 0.3) is 0 Å². The highest BCUT2D eigenvalue weighted by atomic mass is 32.1. The summed E-state index contributed by atoms with van der Waals surface area (Å²) in [5.74, 6) is 2.32. The standard InChI is InChI=1S/C21H24N4OS/c1-26-18-5-2-4-16(14-18)15-25-11-8-17(9-12-25)19-6-3-7-20(23-19)24-21-22-10-13-27-21/h2-7,10,13-14,17H,8-9,11-12,15H2,1H3,(H,22,23,24). The third-order valence-corrected chi connectivity index (χ3v) is 5.67. The molecule has 2 aromatic heterocycles. The first-order valence-corrected chi connectivity index (χ1v) is 10.2. The highest BCUT2D eigenvalue weighted by molar-refractivity contribution is 7.13. The highest BCUT2D eigenvalue weighted by Crippen LogP contribution is 2.29. The summed E-state index contributed by atoms with van der Waals surface area (Å²) in [7, 11) is 1.72. The van der Waals surface area contributed by atoms with Gasteiger partial charge in [-0.25, -0.2) is 9.97 Å². The molecule has 3 aromatic rings. The van der Waals surface area contributed by atoms with Crippen molar-refractivity contribution in [3.8, 4) is 5.75 Å². The maximum atomic E-state index is 5.33. The zero-order valence-corrected chi connectivity index (χ0v) is 16.3. The van der Waals surface area contributed by atoms with Crippen molar-refractivity contribution in [2.75, 3.05) is 25.5 Å². The van der Waals surface area contributed by atoms with Crippen LogP contribution in [0.5, 0.6) is 5.75 Å². The van der Waals surface area contributed by atoms with E-state index in [1.165, 1.54) is 11.3 Å². The van der Waals surface area contributed by atoms with Gasteiger partial charge < -0.3 is 10.1 Å². The van der Waals surface area contributed by atoms with Gasteiger partial charge in [-0.15, -0.1) is 11.3 Å². The molecule has 140 valence electrons. The lowest BCUT2D eigenvalue weighted by Crippen LogP contribution is -2.32. The minimum atomic E-state index is 0.518. The topological polar surface area (TPSA) is 50.3 Å². The Morgan fingerprint density at radius 2 is 2.04 bits per heavy atom. The van der Waals surface area contributed by atoms with Crippen molar-refractivity contribution >= 4 is 22.3 Å². The molecule has 1 aliphatic heterocycles. The number of thiazole rings is 1. The summed E-state index contributed by atoms with van der Waals surface area (Å²) in [5, 5.41) is 6.13. The first-order chi connectivity index (χ1) is 13.3. The molecule has 1 aliphatic rings. The van der Waals surface area contributed by atoms with E-state index in [0.717, 1.165) is 49.2 Å². The van der Waals surface area contributed by atoms with Gasteiger partial charge in [-0.3, -0.25) is 4.90 Å². The van der Waals surface area contributed by atoms with Crippen molar-refractivity contribution < 1.29 is 4.74 Å². The number of piperidine rings is 1. The third-order valence-electron chi connectivity index (χ3n) is 4.98. The van der Waals surface area contributed by atoms with E-state index in [4.69, 9.17) is 9.72 Å². The highest BCUT2D eigenvalue weighted by Gasteiger charge is 2.22. The number of nitrogens with one attached hydrogen (secondary N) is 1. The van der Waals surface area contributed by atoms with Crippen molar-refractivity contribution in [1.29, 1.82) is 0 Å². The lowest BCUT2D eigenvalue weighted by atomic mass is 9.93. The van der Waals surface area contributed by atoms with Gasteiger partial charge in [-0.2, -0.15) is 0 Å². The minimum absolute atomic E-state index is 0.518. The van der Waals surface area contributed by atoms with Gasteiger partial charge >= 0.3 is 0 Å². The van der Waals surface area contributed by atoms with E-state index >= 15 is 0 Å². The maximum Gasteiger partial charge on any atom is 0.188 e. The number of aromatic nitrogens is 2. The van der Waals surface area contributed by atoms with Gasteiger partial charge in [0, 0.05) is 29.7 Å². The van der Waals surface area contributed by atoms with Gasteiger partial charge in [-0.05, 0) is 55.8 Å². The average Bonchev–Trinajstić information content (AvgIpc) is 3.22. The summed E-state index contributed by atoms with van der Waals surface area (Å²) in [6.07, 6.45) is 4.07. The zero-order valence-electron chi connectivity index (χ0n) is 15.5. The van der Waals surface area contributed by atoms with Crippen molar-refractivity contribution in [1.82, 2.24) is 14.9 Å². The molecule has 1 N–H and O–H groups in total. The molecule has 0 atom stereocenters. The Labute approximate surface area is 164 Å². The second-order valence-electron chi connectivity index (χ2n) is 6.81. The molecule has 0 aliphatic carbocycles. The fraction of sp³-hybridized carbons (Fsp3) is 0.333. The number of hydrogen-bond donors (Lipinski definition) is 1. The third kappa shape index (κ3) is 4.64. The number of methoxy groups -OCH3 is 1. The van der Waals surface area contributed by atoms with E-state index in [-0.39, 0.29) is 0 Å². The van der Waals surface area contributed by atoms with Gasteiger partial charge in [-0.1, -0.05) is 18.2 Å². The Hall–Kier alpha value is -2.44. The fourth-order valence-corrected chi connectivity index (χ4v) is 4.09. The predicted molar refractivity (Wildman–Crippen MR) is 110 cm³/mol. The summed E-state index contributed by atoms with van der Waals surface area (Å²) in [5.41, 5.74) is 2.48. The average molecular weight is 381 g/mol. The lowest BCUT2D eigenvalue weighted by molar-refractivity contribution is 0.203. The number of ether oxygens (including phenoxy) is 1. The van der Waals surface area contributed by atoms with E-state index in [1.807, 2.05) is 17.5 Å². The number of pyridine rings is 1. The molecule has 1 aromatic carbocycles. The van der Waals surface area contributed by atoms with Crippen LogP contribution < -0.4 is 10.1 Å². The Morgan fingerprint density at radius 3 is 2.81 bits per heavy atom. The van der Waals surface area contributed by atoms with Crippen LogP contribution in [0.3, 0.4) is 0 Å². The van der Waals surface area contributed by atoms with Gasteiger partial charge in [0.1, 0.15) is 11.6 Å². The van der Waals surface area contributed by atoms with Gasteiger partial charge in [0.2, 0.25) is 0 Å². The first-order valence-electron chi connectivity index (χ1n) is 9.29. The number of anilines is 2. The Balaban J connectivity index is 1.35. The van der Waals surface area contributed by atoms with Crippen molar-refractivity contribution in [3.05, 3.63) is 65.3 Å². The molecule has 0 radical (unpaired) electrons. The summed E-state index contributed by atoms with van der Waals surface area (Å²) >= 11 is 1.59. The molecule has 27 heavy (non-hydrogen) atoms. The smallest absolute Gasteiger partial charge is 0.188 e. The quantitative estimate of drug-likeness (QED) is 0.673. The van der Waals surface area contributed by atoms with Gasteiger partial charge in [0.15, 0.2) is 5.13 Å². The van der Waals surface area contributed by atoms with E-state index in [1.54, 1.807) is 24.6 Å². The number of likely N-dealkylation sites (tertiary alicyclic amines) is 1. The maximum absolute atomic E-state index is 5.33. The zero-order chi connectivity index (χ0) is 18.5. The molecule has 1 fully saturated rings. The Morgan fingerprint density at radius 1 is 1.19 bits per heavy atom.